The lowest BCUT2D eigenvalue weighted by molar-refractivity contribution is 0.164. The van der Waals surface area contributed by atoms with E-state index >= 15 is 0 Å². The number of unbranched alkanes of at least 4 members (excludes halogenated alkanes) is 2. The number of rotatable bonds is 10. The molecule has 1 N–H and O–H groups in total. The van der Waals surface area contributed by atoms with E-state index in [-0.39, 0.29) is 6.10 Å². The van der Waals surface area contributed by atoms with Crippen LogP contribution in [-0.2, 0) is 0 Å². The van der Waals surface area contributed by atoms with Gasteiger partial charge in [-0.1, -0.05) is 63.1 Å². The smallest absolute Gasteiger partial charge is 0.0574 e. The summed E-state index contributed by atoms with van der Waals surface area (Å²) < 4.78 is 0. The lowest BCUT2D eigenvalue weighted by atomic mass is 10.1. The Morgan fingerprint density at radius 2 is 1.65 bits per heavy atom. The molecule has 17 heavy (non-hydrogen) atoms. The molecule has 0 radical (unpaired) electrons. The molecule has 0 saturated carbocycles. The summed E-state index contributed by atoms with van der Waals surface area (Å²) in [4.78, 5) is 0. The van der Waals surface area contributed by atoms with Gasteiger partial charge in [-0.2, -0.15) is 0 Å². The highest BCUT2D eigenvalue weighted by Crippen LogP contribution is 2.05. The normalized spacial score (nSPS) is 14.3. The first-order valence-corrected chi connectivity index (χ1v) is 6.96. The zero-order valence-electron chi connectivity index (χ0n) is 11.4. The minimum atomic E-state index is -0.144. The number of allylic oxidation sites excluding steroid dienone is 5. The standard InChI is InChI=1S/C16H28O/c1-3-5-7-8-9-10-11-12-13-15-16(17)14-6-4-2/h5,7-9,12-13,16-17H,3-4,6,10-11,14-15H2,1-2H3. The van der Waals surface area contributed by atoms with Crippen molar-refractivity contribution < 1.29 is 5.11 Å². The van der Waals surface area contributed by atoms with Crippen LogP contribution in [0.3, 0.4) is 0 Å². The third-order valence-electron chi connectivity index (χ3n) is 2.58. The van der Waals surface area contributed by atoms with Gasteiger partial charge in [-0.15, -0.1) is 0 Å². The molecule has 0 aromatic heterocycles. The molecule has 0 aliphatic rings. The second-order valence-corrected chi connectivity index (χ2v) is 4.35. The molecular formula is C16H28O. The number of aliphatic hydroxyl groups excluding tert-OH is 1. The van der Waals surface area contributed by atoms with Gasteiger partial charge in [-0.05, 0) is 32.1 Å². The minimum absolute atomic E-state index is 0.144. The lowest BCUT2D eigenvalue weighted by Gasteiger charge is -2.05. The molecule has 0 saturated heterocycles. The average Bonchev–Trinajstić information content (AvgIpc) is 2.34. The molecule has 0 spiro atoms. The topological polar surface area (TPSA) is 20.2 Å². The third kappa shape index (κ3) is 13.1. The van der Waals surface area contributed by atoms with Crippen molar-refractivity contribution in [2.75, 3.05) is 0 Å². The molecular weight excluding hydrogens is 208 g/mol. The molecule has 0 aliphatic carbocycles. The van der Waals surface area contributed by atoms with Crippen molar-refractivity contribution in [3.05, 3.63) is 36.5 Å². The van der Waals surface area contributed by atoms with Gasteiger partial charge in [0, 0.05) is 0 Å². The Labute approximate surface area is 107 Å². The summed E-state index contributed by atoms with van der Waals surface area (Å²) in [7, 11) is 0. The van der Waals surface area contributed by atoms with Crippen molar-refractivity contribution in [1.82, 2.24) is 0 Å². The molecule has 98 valence electrons. The van der Waals surface area contributed by atoms with Gasteiger partial charge in [0.2, 0.25) is 0 Å². The fourth-order valence-corrected chi connectivity index (χ4v) is 1.51. The van der Waals surface area contributed by atoms with E-state index in [0.717, 1.165) is 44.9 Å². The maximum atomic E-state index is 9.61. The predicted molar refractivity (Wildman–Crippen MR) is 77.1 cm³/mol. The minimum Gasteiger partial charge on any atom is -0.393 e. The highest BCUT2D eigenvalue weighted by atomic mass is 16.3. The molecule has 0 aromatic carbocycles. The van der Waals surface area contributed by atoms with E-state index in [1.54, 1.807) is 0 Å². The van der Waals surface area contributed by atoms with Gasteiger partial charge in [-0.3, -0.25) is 0 Å². The van der Waals surface area contributed by atoms with Crippen molar-refractivity contribution >= 4 is 0 Å². The van der Waals surface area contributed by atoms with E-state index in [4.69, 9.17) is 0 Å². The first-order valence-electron chi connectivity index (χ1n) is 6.96. The van der Waals surface area contributed by atoms with Crippen LogP contribution >= 0.6 is 0 Å². The maximum Gasteiger partial charge on any atom is 0.0574 e. The largest absolute Gasteiger partial charge is 0.393 e. The van der Waals surface area contributed by atoms with Gasteiger partial charge < -0.3 is 5.11 Å². The second-order valence-electron chi connectivity index (χ2n) is 4.35. The van der Waals surface area contributed by atoms with Crippen LogP contribution in [-0.4, -0.2) is 11.2 Å². The third-order valence-corrected chi connectivity index (χ3v) is 2.58. The molecule has 1 atom stereocenters. The van der Waals surface area contributed by atoms with E-state index < -0.39 is 0 Å². The zero-order valence-corrected chi connectivity index (χ0v) is 11.4. The molecule has 1 unspecified atom stereocenters. The fraction of sp³-hybridized carbons (Fsp3) is 0.625. The average molecular weight is 236 g/mol. The van der Waals surface area contributed by atoms with Crippen molar-refractivity contribution in [2.24, 2.45) is 0 Å². The first-order chi connectivity index (χ1) is 8.31. The Bertz CT molecular complexity index is 226. The van der Waals surface area contributed by atoms with Crippen LogP contribution in [0, 0.1) is 0 Å². The summed E-state index contributed by atoms with van der Waals surface area (Å²) in [6, 6.07) is 0. The number of hydrogen-bond acceptors (Lipinski definition) is 1. The van der Waals surface area contributed by atoms with Crippen LogP contribution in [0.5, 0.6) is 0 Å². The van der Waals surface area contributed by atoms with Crippen molar-refractivity contribution in [1.29, 1.82) is 0 Å². The van der Waals surface area contributed by atoms with E-state index in [2.05, 4.69) is 50.3 Å². The lowest BCUT2D eigenvalue weighted by Crippen LogP contribution is -2.03. The summed E-state index contributed by atoms with van der Waals surface area (Å²) in [5.41, 5.74) is 0. The molecule has 0 aromatic rings. The highest BCUT2D eigenvalue weighted by Gasteiger charge is 1.98. The molecule has 0 bridgehead atoms. The molecule has 0 amide bonds. The highest BCUT2D eigenvalue weighted by molar-refractivity contribution is 5.02. The van der Waals surface area contributed by atoms with Crippen LogP contribution in [0.2, 0.25) is 0 Å². The molecule has 1 nitrogen and oxygen atoms in total. The SMILES string of the molecule is CCC=CC=CCCC=CCC(O)CCCC. The van der Waals surface area contributed by atoms with Crippen molar-refractivity contribution in [2.45, 2.75) is 64.9 Å². The van der Waals surface area contributed by atoms with Crippen LogP contribution in [0.1, 0.15) is 58.8 Å². The van der Waals surface area contributed by atoms with Crippen LogP contribution < -0.4 is 0 Å². The predicted octanol–water partition coefficient (Wildman–Crippen LogP) is 4.79. The summed E-state index contributed by atoms with van der Waals surface area (Å²) in [5, 5.41) is 9.61. The van der Waals surface area contributed by atoms with Gasteiger partial charge in [0.1, 0.15) is 0 Å². The summed E-state index contributed by atoms with van der Waals surface area (Å²) in [6.07, 6.45) is 19.9. The fourth-order valence-electron chi connectivity index (χ4n) is 1.51. The van der Waals surface area contributed by atoms with E-state index in [0.29, 0.717) is 0 Å². The first kappa shape index (κ1) is 16.2. The Hall–Kier alpha value is -0.820. The van der Waals surface area contributed by atoms with Gasteiger partial charge in [0.25, 0.3) is 0 Å². The Kier molecular flexibility index (Phi) is 12.6. The van der Waals surface area contributed by atoms with Gasteiger partial charge in [0.05, 0.1) is 6.10 Å². The maximum absolute atomic E-state index is 9.61. The molecule has 0 rings (SSSR count). The van der Waals surface area contributed by atoms with Crippen LogP contribution in [0.4, 0.5) is 0 Å². The van der Waals surface area contributed by atoms with E-state index in [1.165, 1.54) is 0 Å². The molecule has 0 fully saturated rings. The summed E-state index contributed by atoms with van der Waals surface area (Å²) in [5.74, 6) is 0. The zero-order chi connectivity index (χ0) is 12.8. The van der Waals surface area contributed by atoms with E-state index in [9.17, 15) is 5.11 Å². The summed E-state index contributed by atoms with van der Waals surface area (Å²) in [6.45, 7) is 4.29. The monoisotopic (exact) mass is 236 g/mol. The van der Waals surface area contributed by atoms with Gasteiger partial charge in [0.15, 0.2) is 0 Å². The quantitative estimate of drug-likeness (QED) is 0.328. The Morgan fingerprint density at radius 3 is 2.35 bits per heavy atom. The van der Waals surface area contributed by atoms with Gasteiger partial charge in [-0.25, -0.2) is 0 Å². The van der Waals surface area contributed by atoms with Crippen molar-refractivity contribution in [3.63, 3.8) is 0 Å². The van der Waals surface area contributed by atoms with Crippen molar-refractivity contribution in [3.8, 4) is 0 Å². The molecule has 0 aliphatic heterocycles. The Balaban J connectivity index is 3.41. The van der Waals surface area contributed by atoms with E-state index in [1.807, 2.05) is 0 Å². The molecule has 0 heterocycles. The molecule has 1 heteroatoms. The second kappa shape index (κ2) is 13.2. The van der Waals surface area contributed by atoms with Crippen LogP contribution in [0.15, 0.2) is 36.5 Å². The summed E-state index contributed by atoms with van der Waals surface area (Å²) >= 11 is 0. The number of hydrogen-bond donors (Lipinski definition) is 1. The van der Waals surface area contributed by atoms with Gasteiger partial charge >= 0.3 is 0 Å². The number of aliphatic hydroxyl groups is 1. The Morgan fingerprint density at radius 1 is 0.941 bits per heavy atom. The van der Waals surface area contributed by atoms with Crippen LogP contribution in [0.25, 0.3) is 0 Å².